The molecule has 4 heteroatoms. The standard InChI is InChI=1S/C14H20O4/c1-5-17-13(15)11-6-7-12(10(2)8-11)18-9-14(3,4)16/h6-8,16H,5,9H2,1-4H3. The number of hydrogen-bond donors (Lipinski definition) is 1. The van der Waals surface area contributed by atoms with Gasteiger partial charge in [-0.15, -0.1) is 0 Å². The topological polar surface area (TPSA) is 55.8 Å². The predicted octanol–water partition coefficient (Wildman–Crippen LogP) is 2.32. The van der Waals surface area contributed by atoms with Crippen LogP contribution < -0.4 is 4.74 Å². The first kappa shape index (κ1) is 14.5. The Morgan fingerprint density at radius 3 is 2.56 bits per heavy atom. The van der Waals surface area contributed by atoms with Crippen LogP contribution in [0.1, 0.15) is 36.7 Å². The number of hydrogen-bond acceptors (Lipinski definition) is 4. The van der Waals surface area contributed by atoms with Gasteiger partial charge in [0.05, 0.1) is 17.8 Å². The molecular formula is C14H20O4. The van der Waals surface area contributed by atoms with E-state index in [1.807, 2.05) is 6.92 Å². The van der Waals surface area contributed by atoms with Gasteiger partial charge in [0.1, 0.15) is 12.4 Å². The van der Waals surface area contributed by atoms with Crippen LogP contribution in [-0.4, -0.2) is 29.9 Å². The van der Waals surface area contributed by atoms with Gasteiger partial charge in [-0.2, -0.15) is 0 Å². The van der Waals surface area contributed by atoms with Gasteiger partial charge in [0.2, 0.25) is 0 Å². The smallest absolute Gasteiger partial charge is 0.338 e. The van der Waals surface area contributed by atoms with Gasteiger partial charge in [-0.1, -0.05) is 0 Å². The third kappa shape index (κ3) is 4.37. The molecule has 0 radical (unpaired) electrons. The molecule has 1 aromatic carbocycles. The lowest BCUT2D eigenvalue weighted by Gasteiger charge is -2.19. The Bertz CT molecular complexity index is 418. The lowest BCUT2D eigenvalue weighted by molar-refractivity contribution is 0.0282. The van der Waals surface area contributed by atoms with E-state index in [1.54, 1.807) is 39.0 Å². The van der Waals surface area contributed by atoms with Gasteiger partial charge in [-0.05, 0) is 51.5 Å². The molecule has 100 valence electrons. The van der Waals surface area contributed by atoms with E-state index < -0.39 is 5.60 Å². The maximum atomic E-state index is 11.5. The molecule has 0 aromatic heterocycles. The molecule has 0 aliphatic heterocycles. The first-order valence-electron chi connectivity index (χ1n) is 5.96. The van der Waals surface area contributed by atoms with Crippen LogP contribution in [0.15, 0.2) is 18.2 Å². The second-order valence-corrected chi connectivity index (χ2v) is 4.80. The first-order valence-corrected chi connectivity index (χ1v) is 5.96. The molecule has 1 rings (SSSR count). The Kier molecular flexibility index (Phi) is 4.73. The minimum Gasteiger partial charge on any atom is -0.490 e. The molecule has 18 heavy (non-hydrogen) atoms. The van der Waals surface area contributed by atoms with Crippen LogP contribution in [0, 0.1) is 6.92 Å². The van der Waals surface area contributed by atoms with E-state index in [-0.39, 0.29) is 12.6 Å². The SMILES string of the molecule is CCOC(=O)c1ccc(OCC(C)(C)O)c(C)c1. The van der Waals surface area contributed by atoms with Crippen molar-refractivity contribution in [3.63, 3.8) is 0 Å². The molecule has 0 saturated carbocycles. The summed E-state index contributed by atoms with van der Waals surface area (Å²) in [5, 5.41) is 9.58. The highest BCUT2D eigenvalue weighted by molar-refractivity contribution is 5.89. The first-order chi connectivity index (χ1) is 8.33. The summed E-state index contributed by atoms with van der Waals surface area (Å²) in [6, 6.07) is 5.09. The quantitative estimate of drug-likeness (QED) is 0.817. The Morgan fingerprint density at radius 2 is 2.06 bits per heavy atom. The van der Waals surface area contributed by atoms with Gasteiger partial charge >= 0.3 is 5.97 Å². The lowest BCUT2D eigenvalue weighted by Crippen LogP contribution is -2.28. The molecule has 0 spiro atoms. The van der Waals surface area contributed by atoms with Crippen LogP contribution >= 0.6 is 0 Å². The van der Waals surface area contributed by atoms with Crippen molar-refractivity contribution in [2.45, 2.75) is 33.3 Å². The van der Waals surface area contributed by atoms with Crippen LogP contribution in [0.4, 0.5) is 0 Å². The van der Waals surface area contributed by atoms with Crippen LogP contribution in [0.5, 0.6) is 5.75 Å². The van der Waals surface area contributed by atoms with E-state index in [4.69, 9.17) is 9.47 Å². The fourth-order valence-corrected chi connectivity index (χ4v) is 1.41. The van der Waals surface area contributed by atoms with E-state index >= 15 is 0 Å². The maximum absolute atomic E-state index is 11.5. The minimum absolute atomic E-state index is 0.201. The number of esters is 1. The monoisotopic (exact) mass is 252 g/mol. The molecular weight excluding hydrogens is 232 g/mol. The van der Waals surface area contributed by atoms with Crippen molar-refractivity contribution in [1.29, 1.82) is 0 Å². The Morgan fingerprint density at radius 1 is 1.39 bits per heavy atom. The number of carbonyl (C=O) groups is 1. The summed E-state index contributed by atoms with van der Waals surface area (Å²) < 4.78 is 10.4. The molecule has 0 bridgehead atoms. The van der Waals surface area contributed by atoms with Crippen LogP contribution in [-0.2, 0) is 4.74 Å². The highest BCUT2D eigenvalue weighted by Crippen LogP contribution is 2.20. The summed E-state index contributed by atoms with van der Waals surface area (Å²) in [4.78, 5) is 11.5. The van der Waals surface area contributed by atoms with Gasteiger partial charge in [-0.25, -0.2) is 4.79 Å². The van der Waals surface area contributed by atoms with Gasteiger partial charge < -0.3 is 14.6 Å². The van der Waals surface area contributed by atoms with Crippen molar-refractivity contribution < 1.29 is 19.4 Å². The molecule has 0 aliphatic rings. The summed E-state index contributed by atoms with van der Waals surface area (Å²) in [7, 11) is 0. The summed E-state index contributed by atoms with van der Waals surface area (Å²) >= 11 is 0. The summed E-state index contributed by atoms with van der Waals surface area (Å²) in [6.07, 6.45) is 0. The van der Waals surface area contributed by atoms with E-state index in [9.17, 15) is 9.90 Å². The lowest BCUT2D eigenvalue weighted by atomic mass is 10.1. The fourth-order valence-electron chi connectivity index (χ4n) is 1.41. The zero-order valence-electron chi connectivity index (χ0n) is 11.3. The van der Waals surface area contributed by atoms with E-state index in [2.05, 4.69) is 0 Å². The van der Waals surface area contributed by atoms with Gasteiger partial charge in [-0.3, -0.25) is 0 Å². The molecule has 0 fully saturated rings. The number of aliphatic hydroxyl groups is 1. The molecule has 0 atom stereocenters. The maximum Gasteiger partial charge on any atom is 0.338 e. The number of aryl methyl sites for hydroxylation is 1. The number of ether oxygens (including phenoxy) is 2. The summed E-state index contributed by atoms with van der Waals surface area (Å²) in [6.45, 7) is 7.53. The Balaban J connectivity index is 2.77. The zero-order chi connectivity index (χ0) is 13.8. The third-order valence-corrected chi connectivity index (χ3v) is 2.27. The molecule has 0 unspecified atom stereocenters. The van der Waals surface area contributed by atoms with E-state index in [1.165, 1.54) is 0 Å². The average molecular weight is 252 g/mol. The van der Waals surface area contributed by atoms with Crippen LogP contribution in [0.25, 0.3) is 0 Å². The van der Waals surface area contributed by atoms with Crippen molar-refractivity contribution in [2.75, 3.05) is 13.2 Å². The van der Waals surface area contributed by atoms with Gasteiger partial charge in [0.15, 0.2) is 0 Å². The largest absolute Gasteiger partial charge is 0.490 e. The molecule has 0 aliphatic carbocycles. The van der Waals surface area contributed by atoms with Crippen molar-refractivity contribution in [2.24, 2.45) is 0 Å². The normalized spacial score (nSPS) is 11.2. The van der Waals surface area contributed by atoms with Crippen molar-refractivity contribution in [3.8, 4) is 5.75 Å². The zero-order valence-corrected chi connectivity index (χ0v) is 11.3. The summed E-state index contributed by atoms with van der Waals surface area (Å²) in [5.74, 6) is 0.319. The highest BCUT2D eigenvalue weighted by Gasteiger charge is 2.15. The molecule has 0 heterocycles. The highest BCUT2D eigenvalue weighted by atomic mass is 16.5. The average Bonchev–Trinajstić information content (AvgIpc) is 2.26. The molecule has 0 saturated heterocycles. The minimum atomic E-state index is -0.883. The van der Waals surface area contributed by atoms with Crippen LogP contribution in [0.2, 0.25) is 0 Å². The molecule has 1 aromatic rings. The molecule has 4 nitrogen and oxygen atoms in total. The fraction of sp³-hybridized carbons (Fsp3) is 0.500. The summed E-state index contributed by atoms with van der Waals surface area (Å²) in [5.41, 5.74) is 0.460. The van der Waals surface area contributed by atoms with Crippen molar-refractivity contribution >= 4 is 5.97 Å². The van der Waals surface area contributed by atoms with Crippen LogP contribution in [0.3, 0.4) is 0 Å². The van der Waals surface area contributed by atoms with Gasteiger partial charge in [0, 0.05) is 0 Å². The number of rotatable bonds is 5. The van der Waals surface area contributed by atoms with Crippen molar-refractivity contribution in [1.82, 2.24) is 0 Å². The van der Waals surface area contributed by atoms with E-state index in [0.717, 1.165) is 5.56 Å². The number of carbonyl (C=O) groups excluding carboxylic acids is 1. The van der Waals surface area contributed by atoms with E-state index in [0.29, 0.717) is 17.9 Å². The molecule has 0 amide bonds. The van der Waals surface area contributed by atoms with Gasteiger partial charge in [0.25, 0.3) is 0 Å². The Hall–Kier alpha value is -1.55. The molecule has 1 N–H and O–H groups in total. The second-order valence-electron chi connectivity index (χ2n) is 4.80. The number of benzene rings is 1. The Labute approximate surface area is 108 Å². The predicted molar refractivity (Wildman–Crippen MR) is 68.9 cm³/mol. The third-order valence-electron chi connectivity index (χ3n) is 2.27. The van der Waals surface area contributed by atoms with Crippen molar-refractivity contribution in [3.05, 3.63) is 29.3 Å². The second kappa shape index (κ2) is 5.87.